The summed E-state index contributed by atoms with van der Waals surface area (Å²) < 4.78 is 14.0. The number of nitrogens with one attached hydrogen (secondary N) is 2. The molecule has 26 heavy (non-hydrogen) atoms. The van der Waals surface area contributed by atoms with E-state index in [0.717, 1.165) is 0 Å². The van der Waals surface area contributed by atoms with E-state index in [9.17, 15) is 14.0 Å². The second-order valence-electron chi connectivity index (χ2n) is 6.26. The number of hydrogen-bond acceptors (Lipinski definition) is 7. The molecule has 1 aliphatic rings. The Morgan fingerprint density at radius 1 is 1.42 bits per heavy atom. The van der Waals surface area contributed by atoms with Gasteiger partial charge in [0.15, 0.2) is 0 Å². The van der Waals surface area contributed by atoms with Gasteiger partial charge in [0.2, 0.25) is 5.95 Å². The third-order valence-corrected chi connectivity index (χ3v) is 4.10. The molecule has 2 N–H and O–H groups in total. The molecule has 9 nitrogen and oxygen atoms in total. The van der Waals surface area contributed by atoms with Crippen LogP contribution < -0.4 is 20.7 Å². The van der Waals surface area contributed by atoms with E-state index in [2.05, 4.69) is 25.5 Å². The Morgan fingerprint density at radius 3 is 2.92 bits per heavy atom. The van der Waals surface area contributed by atoms with E-state index in [1.807, 2.05) is 19.0 Å². The first kappa shape index (κ1) is 17.8. The first-order chi connectivity index (χ1) is 12.4. The van der Waals surface area contributed by atoms with Crippen LogP contribution in [0.25, 0.3) is 0 Å². The average Bonchev–Trinajstić information content (AvgIpc) is 3.01. The highest BCUT2D eigenvalue weighted by molar-refractivity contribution is 5.92. The molecule has 0 radical (unpaired) electrons. The summed E-state index contributed by atoms with van der Waals surface area (Å²) in [5.74, 6) is 0.718. The van der Waals surface area contributed by atoms with Gasteiger partial charge < -0.3 is 15.1 Å². The lowest BCUT2D eigenvalue weighted by molar-refractivity contribution is 0.0944. The lowest BCUT2D eigenvalue weighted by Crippen LogP contribution is -2.41. The number of hydrogen-bond donors (Lipinski definition) is 2. The smallest absolute Gasteiger partial charge is 0.271 e. The number of anilines is 2. The van der Waals surface area contributed by atoms with Crippen LogP contribution in [0.15, 0.2) is 29.2 Å². The zero-order valence-corrected chi connectivity index (χ0v) is 14.5. The minimum Gasteiger partial charge on any atom is -0.349 e. The lowest BCUT2D eigenvalue weighted by atomic mass is 10.2. The maximum absolute atomic E-state index is 14.0. The molecule has 1 aliphatic heterocycles. The number of H-pyrrole nitrogens is 1. The minimum atomic E-state index is -0.999. The van der Waals surface area contributed by atoms with Gasteiger partial charge in [0.25, 0.3) is 11.5 Å². The predicted molar refractivity (Wildman–Crippen MR) is 94.2 cm³/mol. The number of rotatable bonds is 5. The molecular weight excluding hydrogens is 341 g/mol. The van der Waals surface area contributed by atoms with E-state index < -0.39 is 12.1 Å². The Bertz CT molecular complexity index is 821. The molecule has 3 rings (SSSR count). The van der Waals surface area contributed by atoms with Gasteiger partial charge in [-0.2, -0.15) is 10.1 Å². The number of halogens is 1. The van der Waals surface area contributed by atoms with Crippen molar-refractivity contribution in [3.63, 3.8) is 0 Å². The summed E-state index contributed by atoms with van der Waals surface area (Å²) in [6, 6.07) is 4.06. The van der Waals surface area contributed by atoms with E-state index in [1.54, 1.807) is 17.2 Å². The Labute approximate surface area is 149 Å². The minimum absolute atomic E-state index is 0.0999. The van der Waals surface area contributed by atoms with Gasteiger partial charge in [-0.25, -0.2) is 14.5 Å². The summed E-state index contributed by atoms with van der Waals surface area (Å²) in [5, 5.41) is 8.62. The lowest BCUT2D eigenvalue weighted by Gasteiger charge is -2.26. The molecule has 1 amide bonds. The average molecular weight is 361 g/mol. The molecule has 1 fully saturated rings. The maximum Gasteiger partial charge on any atom is 0.271 e. The van der Waals surface area contributed by atoms with Crippen LogP contribution in [-0.2, 0) is 0 Å². The zero-order chi connectivity index (χ0) is 18.7. The van der Waals surface area contributed by atoms with Gasteiger partial charge in [-0.05, 0) is 12.1 Å². The Morgan fingerprint density at radius 2 is 2.23 bits per heavy atom. The highest BCUT2D eigenvalue weighted by Crippen LogP contribution is 2.26. The van der Waals surface area contributed by atoms with Gasteiger partial charge in [0.1, 0.15) is 17.7 Å². The predicted octanol–water partition coefficient (Wildman–Crippen LogP) is -0.0273. The summed E-state index contributed by atoms with van der Waals surface area (Å²) in [6.45, 7) is 0.447. The van der Waals surface area contributed by atoms with Gasteiger partial charge >= 0.3 is 0 Å². The second-order valence-corrected chi connectivity index (χ2v) is 6.26. The first-order valence-electron chi connectivity index (χ1n) is 8.19. The summed E-state index contributed by atoms with van der Waals surface area (Å²) >= 11 is 0. The van der Waals surface area contributed by atoms with Crippen LogP contribution in [-0.4, -0.2) is 65.5 Å². The Kier molecular flexibility index (Phi) is 5.10. The van der Waals surface area contributed by atoms with Crippen LogP contribution in [0, 0.1) is 0 Å². The molecule has 0 bridgehead atoms. The number of amides is 1. The molecule has 1 saturated heterocycles. The Balaban J connectivity index is 1.70. The van der Waals surface area contributed by atoms with Crippen molar-refractivity contribution in [1.82, 2.24) is 25.5 Å². The zero-order valence-electron chi connectivity index (χ0n) is 14.5. The molecule has 10 heteroatoms. The molecule has 0 aliphatic carbocycles. The normalized spacial score (nSPS) is 19.4. The third-order valence-electron chi connectivity index (χ3n) is 4.10. The van der Waals surface area contributed by atoms with Gasteiger partial charge in [0.05, 0.1) is 12.6 Å². The molecule has 2 aromatic heterocycles. The van der Waals surface area contributed by atoms with Gasteiger partial charge in [-0.15, -0.1) is 0 Å². The summed E-state index contributed by atoms with van der Waals surface area (Å²) in [5.41, 5.74) is -0.285. The highest BCUT2D eigenvalue weighted by atomic mass is 19.1. The van der Waals surface area contributed by atoms with Gasteiger partial charge in [0, 0.05) is 39.3 Å². The first-order valence-corrected chi connectivity index (χ1v) is 8.19. The van der Waals surface area contributed by atoms with Crippen molar-refractivity contribution in [1.29, 1.82) is 0 Å². The molecule has 3 heterocycles. The fourth-order valence-electron chi connectivity index (χ4n) is 2.82. The molecule has 2 aromatic rings. The highest BCUT2D eigenvalue weighted by Gasteiger charge is 2.33. The largest absolute Gasteiger partial charge is 0.349 e. The van der Waals surface area contributed by atoms with E-state index in [1.165, 1.54) is 12.1 Å². The van der Waals surface area contributed by atoms with Crippen LogP contribution >= 0.6 is 0 Å². The number of nitrogens with zero attached hydrogens (tertiary/aromatic N) is 5. The quantitative estimate of drug-likeness (QED) is 0.770. The summed E-state index contributed by atoms with van der Waals surface area (Å²) in [7, 11) is 3.66. The van der Waals surface area contributed by atoms with Crippen LogP contribution in [0.4, 0.5) is 16.2 Å². The summed E-state index contributed by atoms with van der Waals surface area (Å²) in [4.78, 5) is 35.4. The van der Waals surface area contributed by atoms with Crippen LogP contribution in [0.3, 0.4) is 0 Å². The van der Waals surface area contributed by atoms with Gasteiger partial charge in [-0.3, -0.25) is 9.59 Å². The van der Waals surface area contributed by atoms with E-state index in [4.69, 9.17) is 0 Å². The molecule has 0 unspecified atom stereocenters. The monoisotopic (exact) mass is 361 g/mol. The van der Waals surface area contributed by atoms with Crippen LogP contribution in [0.5, 0.6) is 0 Å². The number of aromatic nitrogens is 4. The number of aromatic amines is 1. The fraction of sp³-hybridized carbons (Fsp3) is 0.438. The van der Waals surface area contributed by atoms with E-state index in [0.29, 0.717) is 18.2 Å². The molecule has 138 valence electrons. The van der Waals surface area contributed by atoms with Crippen LogP contribution in [0.2, 0.25) is 0 Å². The number of carbonyl (C=O) groups is 1. The van der Waals surface area contributed by atoms with Crippen molar-refractivity contribution in [3.05, 3.63) is 40.4 Å². The Hall–Kier alpha value is -3.04. The molecule has 0 saturated carbocycles. The maximum atomic E-state index is 14.0. The fourth-order valence-corrected chi connectivity index (χ4v) is 2.82. The number of alkyl halides is 1. The topological polar surface area (TPSA) is 107 Å². The van der Waals surface area contributed by atoms with Crippen molar-refractivity contribution in [2.75, 3.05) is 37.0 Å². The second kappa shape index (κ2) is 7.46. The third kappa shape index (κ3) is 3.95. The standard InChI is InChI=1S/C16H20FN7O2/c1-23(2)16-18-6-5-13(20-16)24-9-10(17)7-11(24)8-19-15(26)12-3-4-14(25)22-21-12/h3-6,10-11H,7-9H2,1-2H3,(H,19,26)(H,22,25)/t10-,11-/m0/s1. The molecule has 2 atom stereocenters. The van der Waals surface area contributed by atoms with E-state index >= 15 is 0 Å². The van der Waals surface area contributed by atoms with Crippen molar-refractivity contribution in [2.24, 2.45) is 0 Å². The SMILES string of the molecule is CN(C)c1nccc(N2C[C@@H](F)C[C@H]2CNC(=O)c2ccc(=O)[nH]n2)n1. The number of carbonyl (C=O) groups excluding carboxylic acids is 1. The van der Waals surface area contributed by atoms with E-state index in [-0.39, 0.29) is 30.4 Å². The van der Waals surface area contributed by atoms with Crippen molar-refractivity contribution >= 4 is 17.7 Å². The van der Waals surface area contributed by atoms with Crippen molar-refractivity contribution in [2.45, 2.75) is 18.6 Å². The van der Waals surface area contributed by atoms with Crippen molar-refractivity contribution in [3.8, 4) is 0 Å². The van der Waals surface area contributed by atoms with Crippen LogP contribution in [0.1, 0.15) is 16.9 Å². The summed E-state index contributed by atoms with van der Waals surface area (Å²) in [6.07, 6.45) is 0.921. The molecule has 0 aromatic carbocycles. The van der Waals surface area contributed by atoms with Crippen molar-refractivity contribution < 1.29 is 9.18 Å². The molecule has 0 spiro atoms. The molecular formula is C16H20FN7O2. The van der Waals surface area contributed by atoms with Gasteiger partial charge in [-0.1, -0.05) is 0 Å².